The van der Waals surface area contributed by atoms with Gasteiger partial charge >= 0.3 is 5.97 Å². The number of carboxylic acids is 1. The van der Waals surface area contributed by atoms with Crippen LogP contribution in [0.15, 0.2) is 108 Å². The van der Waals surface area contributed by atoms with Gasteiger partial charge in [-0.2, -0.15) is 8.42 Å². The highest BCUT2D eigenvalue weighted by Crippen LogP contribution is 2.47. The number of nitrogens with zero attached hydrogens (tertiary/aromatic N) is 1. The zero-order valence-corrected chi connectivity index (χ0v) is 28.9. The molecule has 0 aliphatic carbocycles. The Kier molecular flexibility index (Phi) is 13.3. The van der Waals surface area contributed by atoms with Crippen molar-refractivity contribution in [3.63, 3.8) is 0 Å². The van der Waals surface area contributed by atoms with E-state index in [1.807, 2.05) is 50.3 Å². The molecule has 1 heterocycles. The van der Waals surface area contributed by atoms with E-state index in [1.165, 1.54) is 29.1 Å². The second-order valence-electron chi connectivity index (χ2n) is 12.4. The lowest BCUT2D eigenvalue weighted by atomic mass is 9.71. The van der Waals surface area contributed by atoms with E-state index in [1.54, 1.807) is 6.07 Å². The van der Waals surface area contributed by atoms with Crippen molar-refractivity contribution in [2.45, 2.75) is 81.9 Å². The molecule has 1 aliphatic heterocycles. The average Bonchev–Trinajstić information content (AvgIpc) is 3.21. The maximum Gasteiger partial charge on any atom is 0.303 e. The van der Waals surface area contributed by atoms with Crippen LogP contribution in [0, 0.1) is 6.92 Å². The molecule has 0 aromatic heterocycles. The van der Waals surface area contributed by atoms with Gasteiger partial charge in [-0.05, 0) is 84.8 Å². The van der Waals surface area contributed by atoms with E-state index >= 15 is 0 Å². The van der Waals surface area contributed by atoms with E-state index in [2.05, 4.69) is 55.7 Å². The molecule has 0 spiro atoms. The van der Waals surface area contributed by atoms with Crippen LogP contribution in [0.3, 0.4) is 0 Å². The maximum atomic E-state index is 11.9. The Bertz CT molecular complexity index is 1620. The van der Waals surface area contributed by atoms with Crippen LogP contribution in [0.2, 0.25) is 0 Å². The van der Waals surface area contributed by atoms with Crippen molar-refractivity contribution >= 4 is 33.8 Å². The van der Waals surface area contributed by atoms with Gasteiger partial charge in [0.15, 0.2) is 0 Å². The van der Waals surface area contributed by atoms with Crippen LogP contribution in [0.1, 0.15) is 76.0 Å². The Hall–Kier alpha value is -3.37. The first-order valence-corrected chi connectivity index (χ1v) is 18.0. The number of fused-ring (bicyclic) bond motifs is 1. The number of carbonyl (C=O) groups is 1. The fourth-order valence-corrected chi connectivity index (χ4v) is 6.88. The van der Waals surface area contributed by atoms with Gasteiger partial charge in [-0.15, -0.1) is 0 Å². The zero-order valence-electron chi connectivity index (χ0n) is 27.3. The van der Waals surface area contributed by atoms with Crippen molar-refractivity contribution in [1.29, 1.82) is 0 Å². The highest BCUT2D eigenvalue weighted by Gasteiger charge is 2.39. The Labute approximate surface area is 279 Å². The third-order valence-corrected chi connectivity index (χ3v) is 10.1. The number of unbranched alkanes of at least 4 members (excludes halogenated alkanes) is 2. The molecular weight excluding hydrogens is 619 g/mol. The molecule has 0 amide bonds. The molecule has 248 valence electrons. The summed E-state index contributed by atoms with van der Waals surface area (Å²) in [5, 5.41) is 8.99. The van der Waals surface area contributed by atoms with Crippen molar-refractivity contribution in [3.8, 4) is 0 Å². The van der Waals surface area contributed by atoms with Crippen LogP contribution in [0.5, 0.6) is 0 Å². The minimum absolute atomic E-state index is 0.106. The molecule has 3 N–H and O–H groups in total. The summed E-state index contributed by atoms with van der Waals surface area (Å²) in [6.07, 6.45) is 17.4. The number of anilines is 1. The summed E-state index contributed by atoms with van der Waals surface area (Å²) >= 11 is 0.872. The van der Waals surface area contributed by atoms with E-state index in [-0.39, 0.29) is 16.7 Å². The first-order chi connectivity index (χ1) is 21.7. The fourth-order valence-electron chi connectivity index (χ4n) is 6.12. The van der Waals surface area contributed by atoms with Crippen LogP contribution in [-0.4, -0.2) is 40.9 Å². The van der Waals surface area contributed by atoms with Crippen molar-refractivity contribution in [2.75, 3.05) is 17.2 Å². The number of rotatable bonds is 17. The van der Waals surface area contributed by atoms with Gasteiger partial charge in [0.05, 0.1) is 4.90 Å². The van der Waals surface area contributed by atoms with Crippen LogP contribution < -0.4 is 4.90 Å². The molecule has 9 heteroatoms. The van der Waals surface area contributed by atoms with Crippen molar-refractivity contribution in [2.24, 2.45) is 0 Å². The molecule has 1 unspecified atom stereocenters. The van der Waals surface area contributed by atoms with Gasteiger partial charge in [0.1, 0.15) is 0 Å². The number of hydrogen-bond acceptors (Lipinski definition) is 6. The molecule has 0 saturated heterocycles. The van der Waals surface area contributed by atoms with E-state index in [0.717, 1.165) is 54.5 Å². The smallest absolute Gasteiger partial charge is 0.303 e. The first-order valence-electron chi connectivity index (χ1n) is 15.6. The van der Waals surface area contributed by atoms with E-state index in [9.17, 15) is 22.3 Å². The normalized spacial score (nSPS) is 16.9. The molecule has 2 aromatic rings. The summed E-state index contributed by atoms with van der Waals surface area (Å²) in [6, 6.07) is 13.0. The van der Waals surface area contributed by atoms with Crippen molar-refractivity contribution in [3.05, 3.63) is 120 Å². The Balaban J connectivity index is 1.79. The number of hydrogen-bond donors (Lipinski definition) is 3. The lowest BCUT2D eigenvalue weighted by molar-refractivity contribution is -0.137. The molecule has 0 fully saturated rings. The second kappa shape index (κ2) is 16.5. The Morgan fingerprint density at radius 2 is 1.72 bits per heavy atom. The minimum atomic E-state index is -4.39. The maximum absolute atomic E-state index is 11.9. The molecule has 7 nitrogen and oxygen atoms in total. The Morgan fingerprint density at radius 1 is 1.02 bits per heavy atom. The summed E-state index contributed by atoms with van der Waals surface area (Å²) in [4.78, 5) is 13.1. The van der Waals surface area contributed by atoms with E-state index in [4.69, 9.17) is 5.11 Å². The van der Waals surface area contributed by atoms with Gasteiger partial charge in [0.25, 0.3) is 10.1 Å². The predicted molar refractivity (Wildman–Crippen MR) is 190 cm³/mol. The lowest BCUT2D eigenvalue weighted by Crippen LogP contribution is -2.27. The topological polar surface area (TPSA) is 115 Å². The highest BCUT2D eigenvalue weighted by atomic mass is 32.2. The number of benzene rings is 2. The summed E-state index contributed by atoms with van der Waals surface area (Å²) in [5.74, 6) is -0.145. The monoisotopic (exact) mass is 665 g/mol. The summed E-state index contributed by atoms with van der Waals surface area (Å²) in [5.41, 5.74) is 5.30. The zero-order chi connectivity index (χ0) is 34.0. The van der Waals surface area contributed by atoms with Crippen molar-refractivity contribution < 1.29 is 27.4 Å². The average molecular weight is 666 g/mol. The standard InChI is InChI=1S/C37H47NO6S2/c1-28-22-23-30(46(42,43)44)27-32(28)37(5,24-15-9-12-21-35(39)40)29(2)17-10-7-6-8-11-20-34-36(3,4)31-18-13-14-19-33(31)38(34)25-16-26-45-41/h6-8,10-11,13-14,17-20,22-23,27,41H,2,9,12,15-16,21,24-26H2,1,3-5H3,(H,39,40)(H,42,43,44)/b7-6+,11-8+,17-10+,34-20+. The van der Waals surface area contributed by atoms with Crippen LogP contribution >= 0.6 is 12.0 Å². The van der Waals surface area contributed by atoms with Gasteiger partial charge < -0.3 is 14.6 Å². The SMILES string of the molecule is C=C(/C=C/C=C/C=C/C=C1/N(CCCSO)c2ccccc2C1(C)C)C(C)(CCCCCC(=O)O)c1cc(S(=O)(=O)O)ccc1C. The summed E-state index contributed by atoms with van der Waals surface area (Å²) < 4.78 is 42.8. The van der Waals surface area contributed by atoms with Gasteiger partial charge in [-0.3, -0.25) is 9.35 Å². The Morgan fingerprint density at radius 3 is 2.41 bits per heavy atom. The summed E-state index contributed by atoms with van der Waals surface area (Å²) in [7, 11) is -4.39. The van der Waals surface area contributed by atoms with Crippen LogP contribution in [0.25, 0.3) is 0 Å². The molecule has 0 radical (unpaired) electrons. The van der Waals surface area contributed by atoms with Crippen LogP contribution in [0.4, 0.5) is 5.69 Å². The van der Waals surface area contributed by atoms with Crippen LogP contribution in [-0.2, 0) is 25.7 Å². The van der Waals surface area contributed by atoms with E-state index in [0.29, 0.717) is 18.6 Å². The molecule has 0 saturated carbocycles. The molecule has 46 heavy (non-hydrogen) atoms. The van der Waals surface area contributed by atoms with E-state index < -0.39 is 21.5 Å². The second-order valence-corrected chi connectivity index (χ2v) is 14.5. The number of aryl methyl sites for hydroxylation is 1. The molecule has 1 atom stereocenters. The number of carboxylic acid groups (broad SMARTS) is 1. The minimum Gasteiger partial charge on any atom is -0.481 e. The molecule has 3 rings (SSSR count). The number of para-hydroxylation sites is 1. The van der Waals surface area contributed by atoms with Gasteiger partial charge in [0, 0.05) is 40.9 Å². The quantitative estimate of drug-likeness (QED) is 0.0664. The molecule has 2 aromatic carbocycles. The van der Waals surface area contributed by atoms with Gasteiger partial charge in [0.2, 0.25) is 0 Å². The third kappa shape index (κ3) is 9.35. The fraction of sp³-hybridized carbons (Fsp3) is 0.378. The summed E-state index contributed by atoms with van der Waals surface area (Å²) in [6.45, 7) is 13.5. The van der Waals surface area contributed by atoms with Crippen molar-refractivity contribution in [1.82, 2.24) is 0 Å². The highest BCUT2D eigenvalue weighted by molar-refractivity contribution is 7.93. The molecular formula is C37H47NO6S2. The van der Waals surface area contributed by atoms with Gasteiger partial charge in [-0.25, -0.2) is 0 Å². The lowest BCUT2D eigenvalue weighted by Gasteiger charge is -2.33. The third-order valence-electron chi connectivity index (χ3n) is 8.79. The predicted octanol–water partition coefficient (Wildman–Crippen LogP) is 9.04. The molecule has 0 bridgehead atoms. The number of allylic oxidation sites excluding steroid dienone is 9. The first kappa shape index (κ1) is 37.1. The van der Waals surface area contributed by atoms with Gasteiger partial charge in [-0.1, -0.05) is 101 Å². The molecule has 1 aliphatic rings. The number of aliphatic carboxylic acids is 1. The largest absolute Gasteiger partial charge is 0.481 e.